The molecule has 3 aromatic rings. The van der Waals surface area contributed by atoms with E-state index in [9.17, 15) is 9.18 Å². The predicted octanol–water partition coefficient (Wildman–Crippen LogP) is 3.82. The molecule has 0 unspecified atom stereocenters. The summed E-state index contributed by atoms with van der Waals surface area (Å²) in [7, 11) is 0. The van der Waals surface area contributed by atoms with Crippen molar-refractivity contribution in [3.63, 3.8) is 0 Å². The first-order chi connectivity index (χ1) is 12.0. The van der Waals surface area contributed by atoms with Gasteiger partial charge < -0.3 is 10.4 Å². The lowest BCUT2D eigenvalue weighted by atomic mass is 10.1. The number of carbonyl (C=O) groups is 1. The summed E-state index contributed by atoms with van der Waals surface area (Å²) in [6.45, 7) is 1.58. The van der Waals surface area contributed by atoms with Crippen molar-refractivity contribution in [2.75, 3.05) is 10.6 Å². The fourth-order valence-electron chi connectivity index (χ4n) is 2.22. The van der Waals surface area contributed by atoms with E-state index in [2.05, 4.69) is 25.6 Å². The summed E-state index contributed by atoms with van der Waals surface area (Å²) < 4.78 is 14.0. The summed E-state index contributed by atoms with van der Waals surface area (Å²) in [4.78, 5) is 23.3. The average Bonchev–Trinajstić information content (AvgIpc) is 2.60. The van der Waals surface area contributed by atoms with Crippen LogP contribution in [0.3, 0.4) is 0 Å². The molecule has 8 heteroatoms. The van der Waals surface area contributed by atoms with Gasteiger partial charge in [-0.25, -0.2) is 19.2 Å². The molecule has 0 saturated carbocycles. The Hall–Kier alpha value is -3.55. The highest BCUT2D eigenvalue weighted by Gasteiger charge is 2.11. The van der Waals surface area contributed by atoms with Gasteiger partial charge in [-0.1, -0.05) is 0 Å². The number of nitrogens with one attached hydrogen (secondary N) is 2. The highest BCUT2D eigenvalue weighted by atomic mass is 19.1. The average molecular weight is 339 g/mol. The topological polar surface area (TPSA) is 100 Å². The Morgan fingerprint density at radius 2 is 2.08 bits per heavy atom. The maximum absolute atomic E-state index is 14.0. The van der Waals surface area contributed by atoms with Gasteiger partial charge in [0.25, 0.3) is 0 Å². The fraction of sp³-hybridized carbons (Fsp3) is 0.0588. The van der Waals surface area contributed by atoms with E-state index in [-0.39, 0.29) is 11.6 Å². The lowest BCUT2D eigenvalue weighted by molar-refractivity contribution is 0.209. The largest absolute Gasteiger partial charge is 0.465 e. The van der Waals surface area contributed by atoms with E-state index in [1.165, 1.54) is 6.07 Å². The number of pyridine rings is 1. The van der Waals surface area contributed by atoms with E-state index in [0.29, 0.717) is 16.9 Å². The Balaban J connectivity index is 1.92. The fourth-order valence-corrected chi connectivity index (χ4v) is 2.22. The van der Waals surface area contributed by atoms with Gasteiger partial charge in [0.1, 0.15) is 5.82 Å². The molecule has 1 amide bonds. The quantitative estimate of drug-likeness (QED) is 0.668. The van der Waals surface area contributed by atoms with Crippen LogP contribution in [0.5, 0.6) is 0 Å². The van der Waals surface area contributed by atoms with Crippen LogP contribution in [-0.2, 0) is 0 Å². The van der Waals surface area contributed by atoms with Crippen molar-refractivity contribution >= 4 is 23.4 Å². The van der Waals surface area contributed by atoms with Crippen molar-refractivity contribution in [1.82, 2.24) is 15.0 Å². The van der Waals surface area contributed by atoms with Crippen LogP contribution in [0.1, 0.15) is 5.56 Å². The number of carboxylic acid groups (broad SMARTS) is 1. The summed E-state index contributed by atoms with van der Waals surface area (Å²) >= 11 is 0. The minimum absolute atomic E-state index is 0.113. The Morgan fingerprint density at radius 3 is 2.80 bits per heavy atom. The smallest absolute Gasteiger partial charge is 0.409 e. The normalized spacial score (nSPS) is 10.3. The molecule has 2 heterocycles. The number of anilines is 3. The first kappa shape index (κ1) is 16.3. The Kier molecular flexibility index (Phi) is 4.51. The van der Waals surface area contributed by atoms with Crippen molar-refractivity contribution in [3.05, 3.63) is 60.3 Å². The third-order valence-electron chi connectivity index (χ3n) is 3.45. The molecule has 126 valence electrons. The predicted molar refractivity (Wildman–Crippen MR) is 91.3 cm³/mol. The molecule has 0 aliphatic rings. The Labute approximate surface area is 142 Å². The molecular formula is C17H14FN5O2. The number of aromatic nitrogens is 3. The maximum Gasteiger partial charge on any atom is 0.409 e. The molecule has 0 radical (unpaired) electrons. The summed E-state index contributed by atoms with van der Waals surface area (Å²) in [5, 5.41) is 13.8. The van der Waals surface area contributed by atoms with Gasteiger partial charge >= 0.3 is 6.09 Å². The lowest BCUT2D eigenvalue weighted by Crippen LogP contribution is -2.09. The zero-order valence-corrected chi connectivity index (χ0v) is 13.2. The van der Waals surface area contributed by atoms with Crippen LogP contribution < -0.4 is 10.6 Å². The van der Waals surface area contributed by atoms with Gasteiger partial charge in [-0.15, -0.1) is 0 Å². The van der Waals surface area contributed by atoms with Gasteiger partial charge in [0.15, 0.2) is 0 Å². The molecule has 25 heavy (non-hydrogen) atoms. The van der Waals surface area contributed by atoms with Crippen LogP contribution in [0, 0.1) is 12.7 Å². The zero-order valence-electron chi connectivity index (χ0n) is 13.2. The number of rotatable bonds is 4. The number of nitrogens with zero attached hydrogens (tertiary/aromatic N) is 3. The summed E-state index contributed by atoms with van der Waals surface area (Å²) in [5.41, 5.74) is 2.28. The van der Waals surface area contributed by atoms with Gasteiger partial charge in [-0.3, -0.25) is 10.3 Å². The first-order valence-electron chi connectivity index (χ1n) is 7.33. The van der Waals surface area contributed by atoms with E-state index in [1.54, 1.807) is 37.6 Å². The minimum atomic E-state index is -1.27. The van der Waals surface area contributed by atoms with Crippen molar-refractivity contribution in [1.29, 1.82) is 0 Å². The van der Waals surface area contributed by atoms with Crippen LogP contribution in [0.4, 0.5) is 26.5 Å². The van der Waals surface area contributed by atoms with E-state index in [4.69, 9.17) is 5.11 Å². The van der Waals surface area contributed by atoms with E-state index in [1.807, 2.05) is 6.07 Å². The second-order valence-corrected chi connectivity index (χ2v) is 5.19. The second-order valence-electron chi connectivity index (χ2n) is 5.19. The Bertz CT molecular complexity index is 918. The molecule has 0 aliphatic heterocycles. The number of halogens is 1. The van der Waals surface area contributed by atoms with E-state index >= 15 is 0 Å². The number of benzene rings is 1. The first-order valence-corrected chi connectivity index (χ1v) is 7.33. The highest BCUT2D eigenvalue weighted by Crippen LogP contribution is 2.26. The molecule has 1 aromatic carbocycles. The van der Waals surface area contributed by atoms with Gasteiger partial charge in [0, 0.05) is 41.1 Å². The van der Waals surface area contributed by atoms with Gasteiger partial charge in [0.05, 0.1) is 5.69 Å². The maximum atomic E-state index is 14.0. The van der Waals surface area contributed by atoms with Crippen molar-refractivity contribution in [3.8, 4) is 11.3 Å². The summed E-state index contributed by atoms with van der Waals surface area (Å²) in [5.74, 6) is -0.284. The number of amides is 1. The molecule has 2 aromatic heterocycles. The molecule has 0 saturated heterocycles. The molecule has 3 N–H and O–H groups in total. The van der Waals surface area contributed by atoms with Crippen molar-refractivity contribution < 1.29 is 14.3 Å². The van der Waals surface area contributed by atoms with Gasteiger partial charge in [-0.2, -0.15) is 0 Å². The van der Waals surface area contributed by atoms with Crippen molar-refractivity contribution in [2.45, 2.75) is 6.92 Å². The second kappa shape index (κ2) is 6.91. The number of hydrogen-bond donors (Lipinski definition) is 3. The molecule has 0 aliphatic carbocycles. The Morgan fingerprint density at radius 1 is 1.24 bits per heavy atom. The molecule has 0 atom stereocenters. The van der Waals surface area contributed by atoms with Crippen LogP contribution >= 0.6 is 0 Å². The SMILES string of the molecule is Cc1c(F)cc(NC(=O)O)cc1Nc1nccc(-c2cccnc2)n1. The molecule has 0 fully saturated rings. The van der Waals surface area contributed by atoms with Crippen LogP contribution in [0.2, 0.25) is 0 Å². The monoisotopic (exact) mass is 339 g/mol. The van der Waals surface area contributed by atoms with Crippen LogP contribution in [-0.4, -0.2) is 26.2 Å². The lowest BCUT2D eigenvalue weighted by Gasteiger charge is -2.12. The molecule has 7 nitrogen and oxygen atoms in total. The molecule has 0 bridgehead atoms. The van der Waals surface area contributed by atoms with Gasteiger partial charge in [-0.05, 0) is 37.3 Å². The van der Waals surface area contributed by atoms with Crippen LogP contribution in [0.15, 0.2) is 48.9 Å². The molecule has 0 spiro atoms. The third kappa shape index (κ3) is 3.86. The van der Waals surface area contributed by atoms with E-state index in [0.717, 1.165) is 11.6 Å². The highest BCUT2D eigenvalue weighted by molar-refractivity contribution is 5.84. The molecule has 3 rings (SSSR count). The zero-order chi connectivity index (χ0) is 17.8. The standard InChI is InChI=1S/C17H14FN5O2/c1-10-13(18)7-12(21-17(24)25)8-15(10)23-16-20-6-4-14(22-16)11-3-2-5-19-9-11/h2-9,21H,1H3,(H,24,25)(H,20,22,23). The third-order valence-corrected chi connectivity index (χ3v) is 3.45. The summed E-state index contributed by atoms with van der Waals surface area (Å²) in [6, 6.07) is 7.98. The summed E-state index contributed by atoms with van der Waals surface area (Å²) in [6.07, 6.45) is 3.64. The minimum Gasteiger partial charge on any atom is -0.465 e. The van der Waals surface area contributed by atoms with Crippen LogP contribution in [0.25, 0.3) is 11.3 Å². The van der Waals surface area contributed by atoms with Crippen molar-refractivity contribution in [2.24, 2.45) is 0 Å². The number of hydrogen-bond acceptors (Lipinski definition) is 5. The van der Waals surface area contributed by atoms with E-state index < -0.39 is 11.9 Å². The molecular weight excluding hydrogens is 325 g/mol. The van der Waals surface area contributed by atoms with Gasteiger partial charge in [0.2, 0.25) is 5.95 Å².